The number of ether oxygens (including phenoxy) is 1. The van der Waals surface area contributed by atoms with E-state index in [0.717, 1.165) is 0 Å². The topological polar surface area (TPSA) is 93.2 Å². The number of nitrogens with zero attached hydrogens (tertiary/aromatic N) is 2. The van der Waals surface area contributed by atoms with Crippen LogP contribution in [0.4, 0.5) is 5.69 Å². The van der Waals surface area contributed by atoms with E-state index in [4.69, 9.17) is 10.00 Å². The first-order chi connectivity index (χ1) is 10.0. The van der Waals surface area contributed by atoms with Crippen molar-refractivity contribution in [3.63, 3.8) is 0 Å². The minimum atomic E-state index is -0.613. The minimum Gasteiger partial charge on any atom is -0.423 e. The van der Waals surface area contributed by atoms with Crippen LogP contribution in [0, 0.1) is 28.4 Å². The van der Waals surface area contributed by atoms with Gasteiger partial charge in [-0.05, 0) is 43.3 Å². The number of hydrogen-bond donors (Lipinski definition) is 0. The molecule has 0 heterocycles. The van der Waals surface area contributed by atoms with Gasteiger partial charge in [-0.2, -0.15) is 5.26 Å². The van der Waals surface area contributed by atoms with E-state index in [1.165, 1.54) is 42.5 Å². The number of nitriles is 1. The Morgan fingerprint density at radius 1 is 1.24 bits per heavy atom. The van der Waals surface area contributed by atoms with Crippen molar-refractivity contribution in [1.29, 1.82) is 5.26 Å². The van der Waals surface area contributed by atoms with Crippen LogP contribution in [0.5, 0.6) is 5.75 Å². The maximum atomic E-state index is 11.9. The van der Waals surface area contributed by atoms with Gasteiger partial charge in [0.25, 0.3) is 5.69 Å². The number of carbonyl (C=O) groups is 1. The molecule has 0 fully saturated rings. The maximum Gasteiger partial charge on any atom is 0.343 e. The quantitative estimate of drug-likeness (QED) is 0.373. The summed E-state index contributed by atoms with van der Waals surface area (Å²) in [6.07, 6.45) is 0. The number of esters is 1. The summed E-state index contributed by atoms with van der Waals surface area (Å²) in [6.45, 7) is 1.55. The van der Waals surface area contributed by atoms with Gasteiger partial charge in [0.15, 0.2) is 0 Å². The molecule has 104 valence electrons. The van der Waals surface area contributed by atoms with E-state index in [1.807, 2.05) is 6.07 Å². The zero-order chi connectivity index (χ0) is 15.4. The highest BCUT2D eigenvalue weighted by molar-refractivity contribution is 5.91. The molecular weight excluding hydrogens is 272 g/mol. The monoisotopic (exact) mass is 282 g/mol. The lowest BCUT2D eigenvalue weighted by Gasteiger charge is -2.05. The van der Waals surface area contributed by atoms with Crippen LogP contribution in [0.3, 0.4) is 0 Å². The number of carbonyl (C=O) groups excluding carboxylic acids is 1. The first-order valence-electron chi connectivity index (χ1n) is 5.98. The minimum absolute atomic E-state index is 0.0510. The lowest BCUT2D eigenvalue weighted by Crippen LogP contribution is -2.09. The summed E-state index contributed by atoms with van der Waals surface area (Å²) in [5.74, 6) is -0.312. The van der Waals surface area contributed by atoms with Crippen molar-refractivity contribution in [2.45, 2.75) is 6.92 Å². The Labute approximate surface area is 120 Å². The molecule has 0 unspecified atom stereocenters. The Balaban J connectivity index is 2.18. The molecule has 0 spiro atoms. The van der Waals surface area contributed by atoms with Crippen LogP contribution in [0.25, 0.3) is 0 Å². The fourth-order valence-corrected chi connectivity index (χ4v) is 1.75. The average molecular weight is 282 g/mol. The Bertz CT molecular complexity index is 745. The van der Waals surface area contributed by atoms with Gasteiger partial charge in [0.2, 0.25) is 0 Å². The first kappa shape index (κ1) is 14.2. The number of rotatable bonds is 3. The van der Waals surface area contributed by atoms with E-state index >= 15 is 0 Å². The van der Waals surface area contributed by atoms with Gasteiger partial charge in [-0.15, -0.1) is 0 Å². The molecule has 0 aliphatic carbocycles. The Hall–Kier alpha value is -3.20. The fraction of sp³-hybridized carbons (Fsp3) is 0.0667. The Morgan fingerprint density at radius 2 is 1.90 bits per heavy atom. The van der Waals surface area contributed by atoms with Crippen LogP contribution in [0.2, 0.25) is 0 Å². The van der Waals surface area contributed by atoms with Crippen molar-refractivity contribution in [3.8, 4) is 11.8 Å². The van der Waals surface area contributed by atoms with Crippen LogP contribution in [-0.4, -0.2) is 10.9 Å². The van der Waals surface area contributed by atoms with Gasteiger partial charge < -0.3 is 4.74 Å². The predicted octanol–water partition coefficient (Wildman–Crippen LogP) is 2.99. The van der Waals surface area contributed by atoms with Gasteiger partial charge in [-0.3, -0.25) is 10.1 Å². The smallest absolute Gasteiger partial charge is 0.343 e. The molecule has 2 aromatic carbocycles. The summed E-state index contributed by atoms with van der Waals surface area (Å²) in [6, 6.07) is 12.1. The highest BCUT2D eigenvalue weighted by Gasteiger charge is 2.15. The van der Waals surface area contributed by atoms with Crippen molar-refractivity contribution < 1.29 is 14.5 Å². The molecule has 6 nitrogen and oxygen atoms in total. The summed E-state index contributed by atoms with van der Waals surface area (Å²) in [5, 5.41) is 19.4. The highest BCUT2D eigenvalue weighted by atomic mass is 16.6. The van der Waals surface area contributed by atoms with E-state index in [-0.39, 0.29) is 11.3 Å². The first-order valence-corrected chi connectivity index (χ1v) is 5.98. The van der Waals surface area contributed by atoms with Crippen molar-refractivity contribution >= 4 is 11.7 Å². The van der Waals surface area contributed by atoms with E-state index in [0.29, 0.717) is 16.9 Å². The molecule has 2 aromatic rings. The molecular formula is C15H10N2O4. The number of hydrogen-bond acceptors (Lipinski definition) is 5. The third-order valence-electron chi connectivity index (χ3n) is 2.82. The number of nitro benzene ring substituents is 1. The second-order valence-electron chi connectivity index (χ2n) is 4.28. The van der Waals surface area contributed by atoms with Gasteiger partial charge in [0.1, 0.15) is 5.75 Å². The predicted molar refractivity (Wildman–Crippen MR) is 73.9 cm³/mol. The molecule has 0 aromatic heterocycles. The third kappa shape index (κ3) is 3.22. The normalized spacial score (nSPS) is 9.71. The SMILES string of the molecule is Cc1cc(C(=O)Oc2ccc(C#N)cc2)ccc1[N+](=O)[O-]. The van der Waals surface area contributed by atoms with Crippen LogP contribution >= 0.6 is 0 Å². The van der Waals surface area contributed by atoms with E-state index < -0.39 is 10.9 Å². The van der Waals surface area contributed by atoms with Crippen molar-refractivity contribution in [1.82, 2.24) is 0 Å². The Morgan fingerprint density at radius 3 is 2.43 bits per heavy atom. The molecule has 0 saturated heterocycles. The standard InChI is InChI=1S/C15H10N2O4/c1-10-8-12(4-7-14(10)17(19)20)15(18)21-13-5-2-11(9-16)3-6-13/h2-8H,1H3. The number of nitro groups is 1. The van der Waals surface area contributed by atoms with Crippen molar-refractivity contribution in [2.75, 3.05) is 0 Å². The molecule has 0 atom stereocenters. The van der Waals surface area contributed by atoms with Gasteiger partial charge in [-0.25, -0.2) is 4.79 Å². The van der Waals surface area contributed by atoms with Crippen LogP contribution in [0.15, 0.2) is 42.5 Å². The molecule has 0 aliphatic rings. The van der Waals surface area contributed by atoms with Gasteiger partial charge >= 0.3 is 5.97 Å². The third-order valence-corrected chi connectivity index (χ3v) is 2.82. The van der Waals surface area contributed by atoms with Crippen molar-refractivity contribution in [3.05, 3.63) is 69.3 Å². The van der Waals surface area contributed by atoms with Gasteiger partial charge in [0.05, 0.1) is 22.1 Å². The van der Waals surface area contributed by atoms with E-state index in [1.54, 1.807) is 6.92 Å². The molecule has 0 aliphatic heterocycles. The second-order valence-corrected chi connectivity index (χ2v) is 4.28. The van der Waals surface area contributed by atoms with Crippen LogP contribution in [-0.2, 0) is 0 Å². The van der Waals surface area contributed by atoms with Crippen LogP contribution < -0.4 is 4.74 Å². The van der Waals surface area contributed by atoms with Gasteiger partial charge in [0, 0.05) is 11.6 Å². The molecule has 0 radical (unpaired) electrons. The van der Waals surface area contributed by atoms with E-state index in [2.05, 4.69) is 0 Å². The fourth-order valence-electron chi connectivity index (χ4n) is 1.75. The number of benzene rings is 2. The summed E-state index contributed by atoms with van der Waals surface area (Å²) in [7, 11) is 0. The van der Waals surface area contributed by atoms with Crippen LogP contribution in [0.1, 0.15) is 21.5 Å². The second kappa shape index (κ2) is 5.84. The number of aryl methyl sites for hydroxylation is 1. The molecule has 0 saturated carbocycles. The largest absolute Gasteiger partial charge is 0.423 e. The maximum absolute atomic E-state index is 11.9. The molecule has 2 rings (SSSR count). The van der Waals surface area contributed by atoms with E-state index in [9.17, 15) is 14.9 Å². The summed E-state index contributed by atoms with van der Waals surface area (Å²) in [5.41, 5.74) is 1.02. The summed E-state index contributed by atoms with van der Waals surface area (Å²) >= 11 is 0. The lowest BCUT2D eigenvalue weighted by molar-refractivity contribution is -0.385. The zero-order valence-corrected chi connectivity index (χ0v) is 11.1. The Kier molecular flexibility index (Phi) is 3.95. The average Bonchev–Trinajstić information content (AvgIpc) is 2.47. The summed E-state index contributed by atoms with van der Waals surface area (Å²) in [4.78, 5) is 22.2. The lowest BCUT2D eigenvalue weighted by atomic mass is 10.1. The molecule has 0 bridgehead atoms. The highest BCUT2D eigenvalue weighted by Crippen LogP contribution is 2.20. The molecule has 6 heteroatoms. The van der Waals surface area contributed by atoms with Gasteiger partial charge in [-0.1, -0.05) is 0 Å². The molecule has 0 N–H and O–H groups in total. The summed E-state index contributed by atoms with van der Waals surface area (Å²) < 4.78 is 5.14. The molecule has 21 heavy (non-hydrogen) atoms. The zero-order valence-electron chi connectivity index (χ0n) is 11.1. The molecule has 0 amide bonds. The van der Waals surface area contributed by atoms with Crippen molar-refractivity contribution in [2.24, 2.45) is 0 Å².